The lowest BCUT2D eigenvalue weighted by Gasteiger charge is -2.28. The lowest BCUT2D eigenvalue weighted by Crippen LogP contribution is -2.37. The van der Waals surface area contributed by atoms with Crippen LogP contribution >= 0.6 is 11.3 Å². The van der Waals surface area contributed by atoms with Gasteiger partial charge in [-0.15, -0.1) is 11.3 Å². The van der Waals surface area contributed by atoms with Crippen molar-refractivity contribution in [3.63, 3.8) is 0 Å². The van der Waals surface area contributed by atoms with Gasteiger partial charge >= 0.3 is 0 Å². The van der Waals surface area contributed by atoms with Crippen LogP contribution in [-0.4, -0.2) is 50.9 Å². The van der Waals surface area contributed by atoms with E-state index in [0.29, 0.717) is 37.8 Å². The molecular formula is C13H15N3O3S2. The number of ether oxygens (including phenoxy) is 1. The molecule has 3 heterocycles. The van der Waals surface area contributed by atoms with E-state index in [1.54, 1.807) is 0 Å². The minimum absolute atomic E-state index is 0.130. The summed E-state index contributed by atoms with van der Waals surface area (Å²) in [5, 5.41) is 1.81. The van der Waals surface area contributed by atoms with Gasteiger partial charge in [0.05, 0.1) is 23.8 Å². The number of sulfone groups is 1. The van der Waals surface area contributed by atoms with Crippen LogP contribution in [0.1, 0.15) is 0 Å². The molecule has 0 spiro atoms. The fourth-order valence-corrected chi connectivity index (χ4v) is 3.29. The van der Waals surface area contributed by atoms with E-state index in [0.717, 1.165) is 11.1 Å². The molecule has 21 heavy (non-hydrogen) atoms. The Labute approximate surface area is 127 Å². The molecule has 6 nitrogen and oxygen atoms in total. The first-order valence-electron chi connectivity index (χ1n) is 6.50. The highest BCUT2D eigenvalue weighted by Gasteiger charge is 2.19. The summed E-state index contributed by atoms with van der Waals surface area (Å²) in [6.07, 6.45) is 1.13. The normalized spacial score (nSPS) is 16.1. The van der Waals surface area contributed by atoms with Crippen LogP contribution in [0.3, 0.4) is 0 Å². The van der Waals surface area contributed by atoms with Crippen LogP contribution in [-0.2, 0) is 14.6 Å². The summed E-state index contributed by atoms with van der Waals surface area (Å²) in [6.45, 7) is 2.63. The Morgan fingerprint density at radius 1 is 1.29 bits per heavy atom. The molecule has 0 saturated carbocycles. The zero-order valence-electron chi connectivity index (χ0n) is 11.5. The van der Waals surface area contributed by atoms with E-state index in [9.17, 15) is 8.42 Å². The fraction of sp³-hybridized carbons (Fsp3) is 0.385. The molecule has 0 bridgehead atoms. The molecule has 0 atom stereocenters. The summed E-state index contributed by atoms with van der Waals surface area (Å²) in [5.41, 5.74) is 0.641. The van der Waals surface area contributed by atoms with Crippen LogP contribution < -0.4 is 4.90 Å². The zero-order valence-corrected chi connectivity index (χ0v) is 13.2. The van der Waals surface area contributed by atoms with Crippen molar-refractivity contribution in [2.45, 2.75) is 5.16 Å². The van der Waals surface area contributed by atoms with E-state index in [4.69, 9.17) is 4.74 Å². The fourth-order valence-electron chi connectivity index (χ4n) is 2.08. The Bertz CT molecular complexity index is 723. The minimum Gasteiger partial charge on any atom is -0.378 e. The van der Waals surface area contributed by atoms with E-state index in [-0.39, 0.29) is 5.16 Å². The van der Waals surface area contributed by atoms with Gasteiger partial charge in [0.1, 0.15) is 5.82 Å². The van der Waals surface area contributed by atoms with Gasteiger partial charge in [-0.3, -0.25) is 0 Å². The summed E-state index contributed by atoms with van der Waals surface area (Å²) >= 11 is 1.52. The maximum atomic E-state index is 11.8. The number of hydrogen-bond acceptors (Lipinski definition) is 7. The van der Waals surface area contributed by atoms with Crippen molar-refractivity contribution in [1.29, 1.82) is 0 Å². The molecule has 0 amide bonds. The second-order valence-electron chi connectivity index (χ2n) is 4.74. The second kappa shape index (κ2) is 5.70. The Morgan fingerprint density at radius 3 is 2.67 bits per heavy atom. The third-order valence-electron chi connectivity index (χ3n) is 3.13. The van der Waals surface area contributed by atoms with Gasteiger partial charge in [-0.2, -0.15) is 0 Å². The Balaban J connectivity index is 2.09. The van der Waals surface area contributed by atoms with Crippen LogP contribution in [0.15, 0.2) is 28.7 Å². The molecule has 3 rings (SSSR count). The predicted molar refractivity (Wildman–Crippen MR) is 81.5 cm³/mol. The van der Waals surface area contributed by atoms with Gasteiger partial charge in [0.25, 0.3) is 0 Å². The van der Waals surface area contributed by atoms with E-state index in [1.807, 2.05) is 28.5 Å². The number of thiophene rings is 1. The van der Waals surface area contributed by atoms with Crippen LogP contribution in [0.25, 0.3) is 10.6 Å². The van der Waals surface area contributed by atoms with Crippen molar-refractivity contribution in [3.05, 3.63) is 23.6 Å². The van der Waals surface area contributed by atoms with Gasteiger partial charge in [0.2, 0.25) is 15.0 Å². The molecule has 2 aromatic rings. The molecule has 8 heteroatoms. The third-order valence-corrected chi connectivity index (χ3v) is 4.87. The third kappa shape index (κ3) is 3.22. The second-order valence-corrected chi connectivity index (χ2v) is 7.60. The Kier molecular flexibility index (Phi) is 3.92. The molecule has 1 saturated heterocycles. The van der Waals surface area contributed by atoms with Gasteiger partial charge in [-0.05, 0) is 11.4 Å². The first kappa shape index (κ1) is 14.4. The monoisotopic (exact) mass is 325 g/mol. The molecule has 2 aromatic heterocycles. The number of nitrogens with zero attached hydrogens (tertiary/aromatic N) is 3. The van der Waals surface area contributed by atoms with Crippen molar-refractivity contribution >= 4 is 27.0 Å². The highest BCUT2D eigenvalue weighted by molar-refractivity contribution is 7.90. The summed E-state index contributed by atoms with van der Waals surface area (Å²) < 4.78 is 29.0. The maximum absolute atomic E-state index is 11.8. The Hall–Kier alpha value is -1.51. The lowest BCUT2D eigenvalue weighted by atomic mass is 10.3. The van der Waals surface area contributed by atoms with Gasteiger partial charge in [-0.1, -0.05) is 6.07 Å². The van der Waals surface area contributed by atoms with Crippen molar-refractivity contribution in [2.75, 3.05) is 37.5 Å². The van der Waals surface area contributed by atoms with Gasteiger partial charge in [-0.25, -0.2) is 18.4 Å². The highest BCUT2D eigenvalue weighted by Crippen LogP contribution is 2.27. The average molecular weight is 325 g/mol. The standard InChI is InChI=1S/C13H15N3O3S2/c1-21(17,18)13-14-10(11-3-2-8-20-11)9-12(15-13)16-4-6-19-7-5-16/h2-3,8-9H,4-7H2,1H3. The number of morpholine rings is 1. The van der Waals surface area contributed by atoms with E-state index < -0.39 is 9.84 Å². The zero-order chi connectivity index (χ0) is 14.9. The predicted octanol–water partition coefficient (Wildman–Crippen LogP) is 1.45. The van der Waals surface area contributed by atoms with Crippen LogP contribution in [0, 0.1) is 0 Å². The van der Waals surface area contributed by atoms with Crippen molar-refractivity contribution < 1.29 is 13.2 Å². The first-order chi connectivity index (χ1) is 10.0. The van der Waals surface area contributed by atoms with Crippen LogP contribution in [0.5, 0.6) is 0 Å². The first-order valence-corrected chi connectivity index (χ1v) is 9.27. The smallest absolute Gasteiger partial charge is 0.249 e. The number of rotatable bonds is 3. The minimum atomic E-state index is -3.45. The summed E-state index contributed by atoms with van der Waals surface area (Å²) in [7, 11) is -3.45. The summed E-state index contributed by atoms with van der Waals surface area (Å²) in [5.74, 6) is 0.636. The molecule has 0 N–H and O–H groups in total. The largest absolute Gasteiger partial charge is 0.378 e. The lowest BCUT2D eigenvalue weighted by molar-refractivity contribution is 0.122. The van der Waals surface area contributed by atoms with Crippen molar-refractivity contribution in [2.24, 2.45) is 0 Å². The Morgan fingerprint density at radius 2 is 2.05 bits per heavy atom. The van der Waals surface area contributed by atoms with Crippen molar-refractivity contribution in [1.82, 2.24) is 9.97 Å². The van der Waals surface area contributed by atoms with E-state index in [2.05, 4.69) is 9.97 Å². The molecular weight excluding hydrogens is 310 g/mol. The number of aromatic nitrogens is 2. The summed E-state index contributed by atoms with van der Waals surface area (Å²) in [4.78, 5) is 11.4. The van der Waals surface area contributed by atoms with E-state index in [1.165, 1.54) is 11.3 Å². The van der Waals surface area contributed by atoms with Crippen molar-refractivity contribution in [3.8, 4) is 10.6 Å². The van der Waals surface area contributed by atoms with Crippen LogP contribution in [0.4, 0.5) is 5.82 Å². The quantitative estimate of drug-likeness (QED) is 0.795. The number of hydrogen-bond donors (Lipinski definition) is 0. The van der Waals surface area contributed by atoms with Gasteiger partial charge in [0.15, 0.2) is 0 Å². The highest BCUT2D eigenvalue weighted by atomic mass is 32.2. The van der Waals surface area contributed by atoms with Gasteiger partial charge in [0, 0.05) is 25.4 Å². The molecule has 112 valence electrons. The average Bonchev–Trinajstić information content (AvgIpc) is 3.01. The molecule has 0 aliphatic carbocycles. The number of anilines is 1. The molecule has 0 radical (unpaired) electrons. The molecule has 1 fully saturated rings. The SMILES string of the molecule is CS(=O)(=O)c1nc(-c2cccs2)cc(N2CCOCC2)n1. The molecule has 1 aliphatic rings. The topological polar surface area (TPSA) is 72.4 Å². The molecule has 1 aliphatic heterocycles. The maximum Gasteiger partial charge on any atom is 0.249 e. The molecule has 0 aromatic carbocycles. The van der Waals surface area contributed by atoms with E-state index >= 15 is 0 Å². The summed E-state index contributed by atoms with van der Waals surface area (Å²) in [6, 6.07) is 5.67. The van der Waals surface area contributed by atoms with Gasteiger partial charge < -0.3 is 9.64 Å². The van der Waals surface area contributed by atoms with Crippen LogP contribution in [0.2, 0.25) is 0 Å². The molecule has 0 unspecified atom stereocenters.